The van der Waals surface area contributed by atoms with Crippen LogP contribution in [0.4, 0.5) is 0 Å². The molecule has 14 aromatic carbocycles. The van der Waals surface area contributed by atoms with E-state index in [4.69, 9.17) is 0 Å². The normalized spacial score (nSPS) is 15.2. The van der Waals surface area contributed by atoms with Crippen LogP contribution in [0.3, 0.4) is 0 Å². The summed E-state index contributed by atoms with van der Waals surface area (Å²) in [6, 6.07) is 81.4. The zero-order valence-corrected chi connectivity index (χ0v) is 50.9. The Hall–Kier alpha value is -8.84. The molecule has 0 nitrogen and oxygen atoms in total. The summed E-state index contributed by atoms with van der Waals surface area (Å²) in [7, 11) is 0. The van der Waals surface area contributed by atoms with Gasteiger partial charge in [0.1, 0.15) is 0 Å². The van der Waals surface area contributed by atoms with Crippen LogP contribution in [0.25, 0.3) is 143 Å². The molecule has 0 unspecified atom stereocenters. The van der Waals surface area contributed by atoms with Gasteiger partial charge in [-0.3, -0.25) is 0 Å². The second-order valence-electron chi connectivity index (χ2n) is 28.8. The quantitative estimate of drug-likeness (QED) is 0.146. The van der Waals surface area contributed by atoms with E-state index in [1.807, 2.05) is 0 Å². The smallest absolute Gasteiger partial charge is 0.0159 e. The molecular weight excluding hydrogens is 1020 g/mol. The Labute approximate surface area is 500 Å². The van der Waals surface area contributed by atoms with Crippen molar-refractivity contribution in [3.63, 3.8) is 0 Å². The molecule has 3 aliphatic carbocycles. The minimum Gasteiger partial charge on any atom is -0.0625 e. The van der Waals surface area contributed by atoms with Gasteiger partial charge in [-0.25, -0.2) is 0 Å². The molecule has 0 saturated carbocycles. The maximum atomic E-state index is 2.50. The van der Waals surface area contributed by atoms with Gasteiger partial charge in [0.05, 0.1) is 0 Å². The van der Waals surface area contributed by atoms with E-state index in [2.05, 4.69) is 282 Å². The van der Waals surface area contributed by atoms with E-state index in [1.165, 1.54) is 187 Å². The molecule has 0 aliphatic heterocycles. The lowest BCUT2D eigenvalue weighted by Crippen LogP contribution is -2.16. The summed E-state index contributed by atoms with van der Waals surface area (Å²) in [5, 5.41) is 16.1. The SMILES string of the molecule is CC(C)Cc1cc2ccc3ccc(-c4ccc5c(c4)C(C)(C)c4cc(-c6ccc7c(c6)C(C)(C)c6cc(-c8ccc9c(c8)C(C)(C)c8cc(-c%10ccc%11ccc%12cc(C(C)(C)C)cc%13ccc%10c%11c%12%13)ccc8-9)ccc6-7)ccc4-5)c4ccc(c1)c2c34. The molecular formula is C85H70. The van der Waals surface area contributed by atoms with Crippen molar-refractivity contribution in [3.05, 3.63) is 251 Å². The summed E-state index contributed by atoms with van der Waals surface area (Å²) in [6.45, 7) is 26.1. The molecule has 0 fully saturated rings. The Balaban J connectivity index is 0.662. The van der Waals surface area contributed by atoms with Crippen molar-refractivity contribution < 1.29 is 0 Å². The van der Waals surface area contributed by atoms with Gasteiger partial charge in [0, 0.05) is 16.2 Å². The van der Waals surface area contributed by atoms with Gasteiger partial charge in [0.15, 0.2) is 0 Å². The molecule has 0 heteroatoms. The summed E-state index contributed by atoms with van der Waals surface area (Å²) in [4.78, 5) is 0. The molecule has 0 bridgehead atoms. The van der Waals surface area contributed by atoms with Crippen molar-refractivity contribution in [3.8, 4) is 77.9 Å². The van der Waals surface area contributed by atoms with Crippen LogP contribution in [0, 0.1) is 5.92 Å². The first-order valence-corrected chi connectivity index (χ1v) is 31.1. The van der Waals surface area contributed by atoms with Crippen LogP contribution in [0.15, 0.2) is 206 Å². The first-order valence-electron chi connectivity index (χ1n) is 31.1. The summed E-state index contributed by atoms with van der Waals surface area (Å²) < 4.78 is 0. The van der Waals surface area contributed by atoms with Crippen LogP contribution in [0.2, 0.25) is 0 Å². The van der Waals surface area contributed by atoms with Crippen molar-refractivity contribution in [1.29, 1.82) is 0 Å². The average molecular weight is 1090 g/mol. The molecule has 3 aliphatic rings. The molecule has 0 saturated heterocycles. The van der Waals surface area contributed by atoms with Crippen LogP contribution in [-0.4, -0.2) is 0 Å². The Bertz CT molecular complexity index is 5190. The van der Waals surface area contributed by atoms with Crippen LogP contribution in [0.1, 0.15) is 121 Å². The average Bonchev–Trinajstić information content (AvgIpc) is 1.80. The molecule has 14 aromatic rings. The van der Waals surface area contributed by atoms with Crippen molar-refractivity contribution in [2.75, 3.05) is 0 Å². The van der Waals surface area contributed by atoms with Crippen molar-refractivity contribution >= 4 is 64.6 Å². The Kier molecular flexibility index (Phi) is 10.2. The third kappa shape index (κ3) is 7.15. The lowest BCUT2D eigenvalue weighted by Gasteiger charge is -2.24. The third-order valence-electron chi connectivity index (χ3n) is 21.1. The monoisotopic (exact) mass is 1090 g/mol. The van der Waals surface area contributed by atoms with E-state index in [-0.39, 0.29) is 21.7 Å². The van der Waals surface area contributed by atoms with E-state index in [0.717, 1.165) is 6.42 Å². The van der Waals surface area contributed by atoms with Crippen LogP contribution < -0.4 is 0 Å². The fourth-order valence-corrected chi connectivity index (χ4v) is 16.5. The predicted octanol–water partition coefficient (Wildman–Crippen LogP) is 23.6. The molecule has 0 N–H and O–H groups in total. The summed E-state index contributed by atoms with van der Waals surface area (Å²) in [6.07, 6.45) is 1.10. The highest BCUT2D eigenvalue weighted by molar-refractivity contribution is 6.27. The molecule has 0 radical (unpaired) electrons. The number of hydrogen-bond donors (Lipinski definition) is 0. The van der Waals surface area contributed by atoms with Crippen molar-refractivity contribution in [2.24, 2.45) is 5.92 Å². The molecule has 85 heavy (non-hydrogen) atoms. The zero-order valence-electron chi connectivity index (χ0n) is 50.9. The molecule has 410 valence electrons. The maximum absolute atomic E-state index is 2.50. The lowest BCUT2D eigenvalue weighted by molar-refractivity contribution is 0.591. The third-order valence-corrected chi connectivity index (χ3v) is 21.1. The second kappa shape index (κ2) is 17.2. The van der Waals surface area contributed by atoms with Gasteiger partial charge in [-0.2, -0.15) is 0 Å². The van der Waals surface area contributed by atoms with Crippen molar-refractivity contribution in [2.45, 2.75) is 104 Å². The van der Waals surface area contributed by atoms with Gasteiger partial charge in [-0.1, -0.05) is 246 Å². The summed E-state index contributed by atoms with van der Waals surface area (Å²) >= 11 is 0. The Morgan fingerprint density at radius 2 is 0.553 bits per heavy atom. The molecule has 0 spiro atoms. The molecule has 0 atom stereocenters. The largest absolute Gasteiger partial charge is 0.0625 e. The van der Waals surface area contributed by atoms with Gasteiger partial charge in [-0.15, -0.1) is 0 Å². The minimum atomic E-state index is -0.176. The van der Waals surface area contributed by atoms with E-state index < -0.39 is 0 Å². The van der Waals surface area contributed by atoms with Gasteiger partial charge in [0.25, 0.3) is 0 Å². The zero-order chi connectivity index (χ0) is 58.0. The maximum Gasteiger partial charge on any atom is 0.0159 e. The highest BCUT2D eigenvalue weighted by Gasteiger charge is 2.40. The first-order chi connectivity index (χ1) is 40.8. The van der Waals surface area contributed by atoms with Gasteiger partial charge >= 0.3 is 0 Å². The van der Waals surface area contributed by atoms with E-state index >= 15 is 0 Å². The molecule has 0 aromatic heterocycles. The second-order valence-corrected chi connectivity index (χ2v) is 28.8. The van der Waals surface area contributed by atoms with Crippen LogP contribution in [-0.2, 0) is 28.1 Å². The van der Waals surface area contributed by atoms with E-state index in [9.17, 15) is 0 Å². The highest BCUT2D eigenvalue weighted by Crippen LogP contribution is 2.56. The fourth-order valence-electron chi connectivity index (χ4n) is 16.5. The predicted molar refractivity (Wildman–Crippen MR) is 366 cm³/mol. The number of benzene rings is 14. The number of hydrogen-bond acceptors (Lipinski definition) is 0. The lowest BCUT2D eigenvalue weighted by atomic mass is 9.79. The fraction of sp³-hybridized carbons (Fsp3) is 0.200. The minimum absolute atomic E-state index is 0.0855. The molecule has 17 rings (SSSR count). The number of fused-ring (bicyclic) bond motifs is 9. The van der Waals surface area contributed by atoms with E-state index in [1.54, 1.807) is 0 Å². The van der Waals surface area contributed by atoms with Gasteiger partial charge in [0.2, 0.25) is 0 Å². The first kappa shape index (κ1) is 50.7. The van der Waals surface area contributed by atoms with E-state index in [0.29, 0.717) is 5.92 Å². The van der Waals surface area contributed by atoms with Gasteiger partial charge < -0.3 is 0 Å². The Morgan fingerprint density at radius 1 is 0.282 bits per heavy atom. The highest BCUT2D eigenvalue weighted by atomic mass is 14.4. The topological polar surface area (TPSA) is 0 Å². The van der Waals surface area contributed by atoms with Crippen LogP contribution in [0.5, 0.6) is 0 Å². The summed E-state index contributed by atoms with van der Waals surface area (Å²) in [5.41, 5.74) is 29.1. The number of rotatable bonds is 6. The Morgan fingerprint density at radius 3 is 0.882 bits per heavy atom. The standard InChI is InChI=1S/C85H70/c1-47(2)36-48-37-57-14-12-49-16-26-62(70-34-24-58(38-48)78(57)80(49)70)55-22-32-68-66-30-20-53(43-74(66)84(8,9)76(68)45-55)51-18-28-64-65-29-19-52(42-73(65)83(6,7)72(64)41-51)54-21-31-67-69-33-23-56(46-77(69)85(10,11)75(67)44-54)63-27-17-50-13-15-59-39-61(82(3,4)5)40-60-25-35-71(63)81(50)79(59)60/h12-35,37-47H,36H2,1-11H3. The van der Waals surface area contributed by atoms with Gasteiger partial charge in [-0.05, 0) is 241 Å². The molecule has 0 heterocycles. The van der Waals surface area contributed by atoms with Crippen LogP contribution >= 0.6 is 0 Å². The summed E-state index contributed by atoms with van der Waals surface area (Å²) in [5.74, 6) is 0.623. The molecule has 0 amide bonds. The van der Waals surface area contributed by atoms with Crippen molar-refractivity contribution in [1.82, 2.24) is 0 Å².